The molecule has 4 nitrogen and oxygen atoms in total. The number of aldehydes is 1. The van der Waals surface area contributed by atoms with E-state index in [2.05, 4.69) is 0 Å². The van der Waals surface area contributed by atoms with Crippen LogP contribution in [0.25, 0.3) is 10.6 Å². The van der Waals surface area contributed by atoms with E-state index in [0.717, 1.165) is 11.2 Å². The first-order chi connectivity index (χ1) is 7.20. The quantitative estimate of drug-likeness (QED) is 0.810. The third-order valence-electron chi connectivity index (χ3n) is 1.80. The van der Waals surface area contributed by atoms with E-state index in [0.29, 0.717) is 10.6 Å². The van der Waals surface area contributed by atoms with Gasteiger partial charge in [0.15, 0.2) is 6.29 Å². The molecule has 0 aromatic carbocycles. The molecule has 76 valence electrons. The van der Waals surface area contributed by atoms with Gasteiger partial charge in [-0.2, -0.15) is 0 Å². The molecule has 0 aliphatic heterocycles. The molecule has 0 saturated heterocycles. The van der Waals surface area contributed by atoms with E-state index in [4.69, 9.17) is 9.52 Å². The van der Waals surface area contributed by atoms with Gasteiger partial charge < -0.3 is 9.52 Å². The zero-order chi connectivity index (χ0) is 10.8. The fourth-order valence-electron chi connectivity index (χ4n) is 1.13. The number of hydrogen-bond donors (Lipinski definition) is 1. The van der Waals surface area contributed by atoms with Crippen LogP contribution in [0.2, 0.25) is 0 Å². The van der Waals surface area contributed by atoms with Crippen LogP contribution in [0.1, 0.15) is 20.2 Å². The molecule has 0 unspecified atom stereocenters. The van der Waals surface area contributed by atoms with Crippen LogP contribution in [0.3, 0.4) is 0 Å². The molecule has 0 atom stereocenters. The van der Waals surface area contributed by atoms with Crippen LogP contribution in [0.5, 0.6) is 0 Å². The molecule has 0 amide bonds. The molecule has 2 aromatic heterocycles. The van der Waals surface area contributed by atoms with Gasteiger partial charge in [-0.1, -0.05) is 0 Å². The molecule has 15 heavy (non-hydrogen) atoms. The zero-order valence-electron chi connectivity index (χ0n) is 7.47. The summed E-state index contributed by atoms with van der Waals surface area (Å²) in [7, 11) is 0. The van der Waals surface area contributed by atoms with Crippen LogP contribution < -0.4 is 0 Å². The van der Waals surface area contributed by atoms with E-state index < -0.39 is 5.97 Å². The average Bonchev–Trinajstić information content (AvgIpc) is 2.86. The second-order valence-corrected chi connectivity index (χ2v) is 3.90. The van der Waals surface area contributed by atoms with Gasteiger partial charge >= 0.3 is 5.97 Å². The average molecular weight is 222 g/mol. The Bertz CT molecular complexity index is 509. The third kappa shape index (κ3) is 1.82. The predicted molar refractivity (Wildman–Crippen MR) is 54.4 cm³/mol. The molecular weight excluding hydrogens is 216 g/mol. The number of hydrogen-bond acceptors (Lipinski definition) is 4. The molecule has 5 heteroatoms. The molecule has 1 N–H and O–H groups in total. The zero-order valence-corrected chi connectivity index (χ0v) is 8.28. The highest BCUT2D eigenvalue weighted by atomic mass is 32.1. The smallest absolute Gasteiger partial charge is 0.371 e. The first-order valence-electron chi connectivity index (χ1n) is 4.09. The second kappa shape index (κ2) is 3.70. The van der Waals surface area contributed by atoms with Gasteiger partial charge in [-0.05, 0) is 24.3 Å². The minimum Gasteiger partial charge on any atom is -0.475 e. The lowest BCUT2D eigenvalue weighted by Crippen LogP contribution is -1.91. The van der Waals surface area contributed by atoms with Gasteiger partial charge in [0.05, 0.1) is 9.75 Å². The van der Waals surface area contributed by atoms with Crippen LogP contribution in [-0.2, 0) is 0 Å². The number of carbonyl (C=O) groups excluding carboxylic acids is 1. The van der Waals surface area contributed by atoms with Gasteiger partial charge in [0, 0.05) is 0 Å². The minimum absolute atomic E-state index is 0.106. The summed E-state index contributed by atoms with van der Waals surface area (Å²) >= 11 is 1.26. The first kappa shape index (κ1) is 9.67. The van der Waals surface area contributed by atoms with E-state index in [1.807, 2.05) is 0 Å². The van der Waals surface area contributed by atoms with Crippen molar-refractivity contribution in [3.05, 3.63) is 34.9 Å². The maximum atomic E-state index is 10.6. The molecule has 0 aliphatic rings. The van der Waals surface area contributed by atoms with Crippen LogP contribution in [0, 0.1) is 0 Å². The molecule has 0 bridgehead atoms. The molecule has 0 radical (unpaired) electrons. The maximum absolute atomic E-state index is 10.6. The van der Waals surface area contributed by atoms with E-state index >= 15 is 0 Å². The number of carboxylic acids is 1. The lowest BCUT2D eigenvalue weighted by molar-refractivity contribution is 0.0663. The van der Waals surface area contributed by atoms with Gasteiger partial charge in [0.2, 0.25) is 5.76 Å². The molecule has 0 aliphatic carbocycles. The van der Waals surface area contributed by atoms with Crippen LogP contribution in [0.15, 0.2) is 28.7 Å². The van der Waals surface area contributed by atoms with Crippen molar-refractivity contribution < 1.29 is 19.1 Å². The minimum atomic E-state index is -1.10. The Hall–Kier alpha value is -1.88. The highest BCUT2D eigenvalue weighted by Gasteiger charge is 2.11. The molecule has 2 heterocycles. The van der Waals surface area contributed by atoms with Crippen molar-refractivity contribution in [2.75, 3.05) is 0 Å². The summed E-state index contributed by atoms with van der Waals surface area (Å²) in [4.78, 5) is 22.3. The van der Waals surface area contributed by atoms with Crippen molar-refractivity contribution in [3.8, 4) is 10.6 Å². The lowest BCUT2D eigenvalue weighted by atomic mass is 10.3. The Kier molecular flexibility index (Phi) is 2.39. The highest BCUT2D eigenvalue weighted by molar-refractivity contribution is 7.17. The molecular formula is C10H6O4S. The Morgan fingerprint density at radius 3 is 2.67 bits per heavy atom. The molecule has 0 spiro atoms. The standard InChI is InChI=1S/C10H6O4S/c11-5-6-1-4-9(15-6)7-2-3-8(14-7)10(12)13/h1-5H,(H,12,13). The topological polar surface area (TPSA) is 67.5 Å². The van der Waals surface area contributed by atoms with Gasteiger partial charge in [-0.3, -0.25) is 4.79 Å². The molecule has 0 fully saturated rings. The van der Waals surface area contributed by atoms with Crippen molar-refractivity contribution in [1.82, 2.24) is 0 Å². The number of aromatic carboxylic acids is 1. The number of thiophene rings is 1. The van der Waals surface area contributed by atoms with Crippen LogP contribution in [0.4, 0.5) is 0 Å². The van der Waals surface area contributed by atoms with E-state index in [1.54, 1.807) is 18.2 Å². The van der Waals surface area contributed by atoms with Crippen molar-refractivity contribution in [3.63, 3.8) is 0 Å². The van der Waals surface area contributed by atoms with Crippen molar-refractivity contribution in [2.45, 2.75) is 0 Å². The number of furan rings is 1. The Morgan fingerprint density at radius 2 is 2.13 bits per heavy atom. The number of carboxylic acid groups (broad SMARTS) is 1. The third-order valence-corrected chi connectivity index (χ3v) is 2.83. The fourth-order valence-corrected chi connectivity index (χ4v) is 1.92. The first-order valence-corrected chi connectivity index (χ1v) is 4.91. The van der Waals surface area contributed by atoms with Gasteiger partial charge in [-0.25, -0.2) is 4.79 Å². The van der Waals surface area contributed by atoms with E-state index in [9.17, 15) is 9.59 Å². The molecule has 2 rings (SSSR count). The van der Waals surface area contributed by atoms with Crippen LogP contribution in [-0.4, -0.2) is 17.4 Å². The van der Waals surface area contributed by atoms with Gasteiger partial charge in [0.1, 0.15) is 5.76 Å². The fraction of sp³-hybridized carbons (Fsp3) is 0. The van der Waals surface area contributed by atoms with Gasteiger partial charge in [0.25, 0.3) is 0 Å². The monoisotopic (exact) mass is 222 g/mol. The van der Waals surface area contributed by atoms with Gasteiger partial charge in [-0.15, -0.1) is 11.3 Å². The van der Waals surface area contributed by atoms with E-state index in [-0.39, 0.29) is 5.76 Å². The Labute approximate surface area is 88.8 Å². The summed E-state index contributed by atoms with van der Waals surface area (Å²) in [5.41, 5.74) is 0. The summed E-state index contributed by atoms with van der Waals surface area (Å²) in [5.74, 6) is -0.745. The highest BCUT2D eigenvalue weighted by Crippen LogP contribution is 2.28. The summed E-state index contributed by atoms with van der Waals surface area (Å²) < 4.78 is 5.08. The predicted octanol–water partition coefficient (Wildman–Crippen LogP) is 2.52. The number of carbonyl (C=O) groups is 2. The largest absolute Gasteiger partial charge is 0.475 e. The van der Waals surface area contributed by atoms with Crippen LogP contribution >= 0.6 is 11.3 Å². The van der Waals surface area contributed by atoms with E-state index in [1.165, 1.54) is 17.4 Å². The summed E-state index contributed by atoms with van der Waals surface area (Å²) in [6, 6.07) is 6.34. The number of rotatable bonds is 3. The SMILES string of the molecule is O=Cc1ccc(-c2ccc(C(=O)O)o2)s1. The summed E-state index contributed by atoms with van der Waals surface area (Å²) in [5, 5.41) is 8.65. The Morgan fingerprint density at radius 1 is 1.33 bits per heavy atom. The lowest BCUT2D eigenvalue weighted by Gasteiger charge is -1.88. The molecule has 2 aromatic rings. The Balaban J connectivity index is 2.36. The molecule has 0 saturated carbocycles. The van der Waals surface area contributed by atoms with Crippen molar-refractivity contribution in [1.29, 1.82) is 0 Å². The van der Waals surface area contributed by atoms with Crippen molar-refractivity contribution in [2.24, 2.45) is 0 Å². The second-order valence-electron chi connectivity index (χ2n) is 2.79. The summed E-state index contributed by atoms with van der Waals surface area (Å²) in [6.45, 7) is 0. The summed E-state index contributed by atoms with van der Waals surface area (Å²) in [6.07, 6.45) is 0.745. The van der Waals surface area contributed by atoms with Crippen molar-refractivity contribution >= 4 is 23.6 Å². The normalized spacial score (nSPS) is 10.1. The maximum Gasteiger partial charge on any atom is 0.371 e.